The molecule has 3 atom stereocenters. The third-order valence-corrected chi connectivity index (χ3v) is 11.2. The third-order valence-electron chi connectivity index (χ3n) is 11.2. The molecule has 0 aliphatic carbocycles. The minimum Gasteiger partial charge on any atom is -0.462 e. The van der Waals surface area contributed by atoms with E-state index in [1.165, 1.54) is 128 Å². The van der Waals surface area contributed by atoms with Crippen molar-refractivity contribution < 1.29 is 24.5 Å². The van der Waals surface area contributed by atoms with Crippen LogP contribution in [0.5, 0.6) is 0 Å². The van der Waals surface area contributed by atoms with Crippen molar-refractivity contribution in [1.82, 2.24) is 5.32 Å². The van der Waals surface area contributed by atoms with Gasteiger partial charge < -0.3 is 20.3 Å². The maximum absolute atomic E-state index is 13.2. The normalized spacial score (nSPS) is 13.6. The zero-order valence-corrected chi connectivity index (χ0v) is 38.0. The number of unbranched alkanes of at least 4 members (excludes halogenated alkanes) is 26. The van der Waals surface area contributed by atoms with Crippen LogP contribution in [0.25, 0.3) is 0 Å². The number of nitrogens with one attached hydrogen (secondary N) is 1. The summed E-state index contributed by atoms with van der Waals surface area (Å²) in [7, 11) is 0. The van der Waals surface area contributed by atoms with Crippen LogP contribution in [0, 0.1) is 0 Å². The molecule has 0 aromatic rings. The summed E-state index contributed by atoms with van der Waals surface area (Å²) < 4.78 is 5.91. The zero-order valence-electron chi connectivity index (χ0n) is 38.0. The molecular formula is C51H95NO5. The van der Waals surface area contributed by atoms with Gasteiger partial charge in [0.2, 0.25) is 5.91 Å². The van der Waals surface area contributed by atoms with Crippen LogP contribution < -0.4 is 5.32 Å². The number of rotatable bonds is 44. The summed E-state index contributed by atoms with van der Waals surface area (Å²) in [6.07, 6.45) is 52.0. The van der Waals surface area contributed by atoms with Crippen LogP contribution in [0.15, 0.2) is 36.5 Å². The topological polar surface area (TPSA) is 95.9 Å². The molecule has 0 heterocycles. The van der Waals surface area contributed by atoms with Gasteiger partial charge in [0.1, 0.15) is 6.10 Å². The molecule has 3 N–H and O–H groups in total. The van der Waals surface area contributed by atoms with Crippen LogP contribution >= 0.6 is 0 Å². The van der Waals surface area contributed by atoms with Crippen molar-refractivity contribution in [1.29, 1.82) is 0 Å². The van der Waals surface area contributed by atoms with Gasteiger partial charge >= 0.3 is 5.97 Å². The Morgan fingerprint density at radius 2 is 0.947 bits per heavy atom. The Labute approximate surface area is 353 Å². The van der Waals surface area contributed by atoms with Crippen molar-refractivity contribution in [3.05, 3.63) is 36.5 Å². The molecule has 0 aromatic heterocycles. The van der Waals surface area contributed by atoms with Gasteiger partial charge in [-0.2, -0.15) is 0 Å². The molecule has 0 aromatic carbocycles. The molecule has 334 valence electrons. The number of ether oxygens (including phenoxy) is 1. The molecule has 3 unspecified atom stereocenters. The standard InChI is InChI=1S/C51H95NO5/c1-4-7-10-13-16-19-22-24-26-29-32-35-38-41-44-51(56)57-47(42-39-36-33-30-27-21-18-15-12-9-6-3)45-50(55)52-48(46-53)49(54)43-40-37-34-31-28-25-23-20-17-14-11-8-5-2/h7,10,16,19,24,26,47-49,53-54H,4-6,8-9,11-15,17-18,20-23,25,27-46H2,1-3H3,(H,52,55)/b10-7+,19-16+,26-24+. The van der Waals surface area contributed by atoms with Gasteiger partial charge in [-0.3, -0.25) is 9.59 Å². The first kappa shape index (κ1) is 55.1. The largest absolute Gasteiger partial charge is 0.462 e. The van der Waals surface area contributed by atoms with Gasteiger partial charge in [-0.05, 0) is 57.8 Å². The third kappa shape index (κ3) is 40.6. The van der Waals surface area contributed by atoms with Crippen molar-refractivity contribution in [3.63, 3.8) is 0 Å². The minimum absolute atomic E-state index is 0.0718. The summed E-state index contributed by atoms with van der Waals surface area (Å²) in [6, 6.07) is -0.701. The maximum atomic E-state index is 13.2. The molecule has 0 spiro atoms. The Balaban J connectivity index is 4.56. The molecule has 57 heavy (non-hydrogen) atoms. The minimum atomic E-state index is -0.787. The highest BCUT2D eigenvalue weighted by Gasteiger charge is 2.24. The highest BCUT2D eigenvalue weighted by Crippen LogP contribution is 2.18. The quantitative estimate of drug-likeness (QED) is 0.0324. The number of carbonyl (C=O) groups is 2. The summed E-state index contributed by atoms with van der Waals surface area (Å²) in [5.41, 5.74) is 0. The predicted molar refractivity (Wildman–Crippen MR) is 246 cm³/mol. The van der Waals surface area contributed by atoms with E-state index in [0.29, 0.717) is 19.3 Å². The van der Waals surface area contributed by atoms with E-state index < -0.39 is 18.2 Å². The van der Waals surface area contributed by atoms with Crippen LogP contribution in [0.3, 0.4) is 0 Å². The number of carbonyl (C=O) groups excluding carboxylic acids is 2. The van der Waals surface area contributed by atoms with Gasteiger partial charge in [-0.25, -0.2) is 0 Å². The van der Waals surface area contributed by atoms with Gasteiger partial charge in [-0.15, -0.1) is 0 Å². The second-order valence-electron chi connectivity index (χ2n) is 16.8. The van der Waals surface area contributed by atoms with Gasteiger partial charge in [0, 0.05) is 6.42 Å². The van der Waals surface area contributed by atoms with Crippen molar-refractivity contribution in [2.45, 2.75) is 270 Å². The summed E-state index contributed by atoms with van der Waals surface area (Å²) >= 11 is 0. The molecule has 6 heteroatoms. The van der Waals surface area contributed by atoms with Gasteiger partial charge in [0.25, 0.3) is 0 Å². The lowest BCUT2D eigenvalue weighted by atomic mass is 10.0. The lowest BCUT2D eigenvalue weighted by molar-refractivity contribution is -0.151. The number of aliphatic hydroxyl groups is 2. The molecule has 0 saturated carbocycles. The van der Waals surface area contributed by atoms with E-state index in [-0.39, 0.29) is 24.9 Å². The SMILES string of the molecule is CC/C=C/C/C=C/C/C=C/CCCCCCC(=O)OC(CCCCCCCCCCCCC)CC(=O)NC(CO)C(O)CCCCCCCCCCCCCCC. The molecule has 0 saturated heterocycles. The smallest absolute Gasteiger partial charge is 0.306 e. The molecule has 0 bridgehead atoms. The fourth-order valence-corrected chi connectivity index (χ4v) is 7.50. The fourth-order valence-electron chi connectivity index (χ4n) is 7.50. The number of hydrogen-bond acceptors (Lipinski definition) is 5. The first-order valence-electron chi connectivity index (χ1n) is 24.7. The molecule has 6 nitrogen and oxygen atoms in total. The second-order valence-corrected chi connectivity index (χ2v) is 16.8. The van der Waals surface area contributed by atoms with Crippen molar-refractivity contribution in [3.8, 4) is 0 Å². The molecule has 0 fully saturated rings. The van der Waals surface area contributed by atoms with Crippen molar-refractivity contribution >= 4 is 11.9 Å². The Bertz CT molecular complexity index is 946. The lowest BCUT2D eigenvalue weighted by Gasteiger charge is -2.24. The number of allylic oxidation sites excluding steroid dienone is 6. The number of hydrogen-bond donors (Lipinski definition) is 3. The summed E-state index contributed by atoms with van der Waals surface area (Å²) in [6.45, 7) is 6.36. The van der Waals surface area contributed by atoms with E-state index in [2.05, 4.69) is 62.5 Å². The summed E-state index contributed by atoms with van der Waals surface area (Å²) in [5.74, 6) is -0.492. The van der Waals surface area contributed by atoms with E-state index in [9.17, 15) is 19.8 Å². The number of aliphatic hydroxyl groups excluding tert-OH is 2. The van der Waals surface area contributed by atoms with Gasteiger partial charge in [0.05, 0.1) is 25.2 Å². The van der Waals surface area contributed by atoms with Crippen LogP contribution in [0.1, 0.15) is 252 Å². The van der Waals surface area contributed by atoms with Crippen LogP contribution in [0.4, 0.5) is 0 Å². The monoisotopic (exact) mass is 802 g/mol. The molecule has 1 amide bonds. The highest BCUT2D eigenvalue weighted by molar-refractivity contribution is 5.77. The summed E-state index contributed by atoms with van der Waals surface area (Å²) in [4.78, 5) is 26.0. The van der Waals surface area contributed by atoms with Gasteiger partial charge in [0.15, 0.2) is 0 Å². The highest BCUT2D eigenvalue weighted by atomic mass is 16.5. The zero-order chi connectivity index (χ0) is 41.7. The molecule has 0 radical (unpaired) electrons. The van der Waals surface area contributed by atoms with E-state index >= 15 is 0 Å². The lowest BCUT2D eigenvalue weighted by Crippen LogP contribution is -2.46. The fraction of sp³-hybridized carbons (Fsp3) is 0.843. The Morgan fingerprint density at radius 1 is 0.526 bits per heavy atom. The first-order valence-corrected chi connectivity index (χ1v) is 24.7. The number of amides is 1. The average Bonchev–Trinajstić information content (AvgIpc) is 3.20. The number of esters is 1. The van der Waals surface area contributed by atoms with E-state index in [1.807, 2.05) is 0 Å². The summed E-state index contributed by atoms with van der Waals surface area (Å²) in [5, 5.41) is 23.7. The van der Waals surface area contributed by atoms with Crippen LogP contribution in [0.2, 0.25) is 0 Å². The molecular weight excluding hydrogens is 707 g/mol. The van der Waals surface area contributed by atoms with E-state index in [0.717, 1.165) is 77.0 Å². The average molecular weight is 802 g/mol. The van der Waals surface area contributed by atoms with Crippen LogP contribution in [-0.2, 0) is 14.3 Å². The van der Waals surface area contributed by atoms with Crippen LogP contribution in [-0.4, -0.2) is 46.9 Å². The van der Waals surface area contributed by atoms with E-state index in [1.54, 1.807) is 0 Å². The predicted octanol–water partition coefficient (Wildman–Crippen LogP) is 14.5. The maximum Gasteiger partial charge on any atom is 0.306 e. The Morgan fingerprint density at radius 3 is 1.44 bits per heavy atom. The Kier molecular flexibility index (Phi) is 43.6. The second kappa shape index (κ2) is 45.2. The van der Waals surface area contributed by atoms with Crippen molar-refractivity contribution in [2.24, 2.45) is 0 Å². The first-order chi connectivity index (χ1) is 28.0. The molecule has 0 rings (SSSR count). The molecule has 0 aliphatic rings. The Hall–Kier alpha value is -1.92. The van der Waals surface area contributed by atoms with Gasteiger partial charge in [-0.1, -0.05) is 218 Å². The van der Waals surface area contributed by atoms with Crippen molar-refractivity contribution in [2.75, 3.05) is 6.61 Å². The van der Waals surface area contributed by atoms with E-state index in [4.69, 9.17) is 4.74 Å². The molecule has 0 aliphatic heterocycles.